The molecular formula is C102H59N11S. The maximum atomic E-state index is 5.22. The van der Waals surface area contributed by atoms with Gasteiger partial charge in [-0.3, -0.25) is 9.97 Å². The predicted octanol–water partition coefficient (Wildman–Crippen LogP) is 26.0. The van der Waals surface area contributed by atoms with Gasteiger partial charge in [-0.05, 0) is 131 Å². The third kappa shape index (κ3) is 9.81. The summed E-state index contributed by atoms with van der Waals surface area (Å²) in [5, 5.41) is 17.3. The van der Waals surface area contributed by atoms with Crippen LogP contribution in [0.5, 0.6) is 0 Å². The zero-order chi connectivity index (χ0) is 74.6. The SMILES string of the molecule is c1cc(-c2cc3c4ccccc4n4c5ccccc5c(c2)c34)cc(-c2ncc3ccncc3n2)c1.c1ccc(-c2nc(-c3cc4c5ccccc5n5c6ccccc6c(c3)c45)nc3cccnc23)cc1.c1ccc(-c2nc(-c3cccc(-c4cc5c6ccccc6n6c7ccccc7c(c4)c56)c3)nc3c2sc2ccccc23)cc1. The van der Waals surface area contributed by atoms with Gasteiger partial charge < -0.3 is 13.2 Å². The van der Waals surface area contributed by atoms with Gasteiger partial charge in [-0.1, -0.05) is 224 Å². The number of hydrogen-bond donors (Lipinski definition) is 0. The van der Waals surface area contributed by atoms with Crippen molar-refractivity contribution in [1.29, 1.82) is 0 Å². The Morgan fingerprint density at radius 3 is 1.12 bits per heavy atom. The molecule has 0 aliphatic rings. The lowest BCUT2D eigenvalue weighted by Gasteiger charge is -2.09. The molecular weight excluding hydrogens is 1410 g/mol. The molecule has 11 nitrogen and oxygen atoms in total. The molecule has 0 saturated heterocycles. The summed E-state index contributed by atoms with van der Waals surface area (Å²) < 4.78 is 9.58. The van der Waals surface area contributed by atoms with Crippen LogP contribution in [0.3, 0.4) is 0 Å². The molecule has 12 heteroatoms. The van der Waals surface area contributed by atoms with Crippen molar-refractivity contribution in [3.8, 4) is 78.9 Å². The summed E-state index contributed by atoms with van der Waals surface area (Å²) in [6, 6.07) is 118. The summed E-state index contributed by atoms with van der Waals surface area (Å²) in [6.07, 6.45) is 7.22. The first-order valence-electron chi connectivity index (χ1n) is 38.3. The number of fused-ring (bicyclic) bond motifs is 23. The van der Waals surface area contributed by atoms with Crippen molar-refractivity contribution in [3.05, 3.63) is 358 Å². The maximum Gasteiger partial charge on any atom is 0.160 e. The van der Waals surface area contributed by atoms with Crippen molar-refractivity contribution in [2.75, 3.05) is 0 Å². The van der Waals surface area contributed by atoms with E-state index in [1.165, 1.54) is 135 Å². The molecule has 0 aliphatic heterocycles. The van der Waals surface area contributed by atoms with Crippen LogP contribution in [0.15, 0.2) is 358 Å². The highest BCUT2D eigenvalue weighted by Crippen LogP contribution is 2.47. The zero-order valence-electron chi connectivity index (χ0n) is 60.9. The van der Waals surface area contributed by atoms with Gasteiger partial charge in [0.15, 0.2) is 17.5 Å². The van der Waals surface area contributed by atoms with Crippen LogP contribution in [0.25, 0.3) is 235 Å². The van der Waals surface area contributed by atoms with Crippen LogP contribution in [0.2, 0.25) is 0 Å². The number of rotatable bonds is 7. The number of hydrogen-bond acceptors (Lipinski definition) is 9. The Bertz CT molecular complexity index is 8140. The highest BCUT2D eigenvalue weighted by molar-refractivity contribution is 7.26. The summed E-state index contributed by atoms with van der Waals surface area (Å²) in [6.45, 7) is 0. The van der Waals surface area contributed by atoms with Crippen LogP contribution >= 0.6 is 11.3 Å². The molecule has 0 bridgehead atoms. The number of benzene rings is 14. The van der Waals surface area contributed by atoms with Gasteiger partial charge in [0.1, 0.15) is 11.2 Å². The van der Waals surface area contributed by atoms with E-state index in [4.69, 9.17) is 24.9 Å². The molecule has 0 atom stereocenters. The van der Waals surface area contributed by atoms with Gasteiger partial charge in [-0.2, -0.15) is 0 Å². The Balaban J connectivity index is 0.0000000998. The van der Waals surface area contributed by atoms with E-state index < -0.39 is 0 Å². The number of aromatic nitrogens is 11. The Morgan fingerprint density at radius 2 is 0.623 bits per heavy atom. The minimum absolute atomic E-state index is 0.708. The molecule has 0 spiro atoms. The molecule has 0 amide bonds. The molecule has 528 valence electrons. The van der Waals surface area contributed by atoms with Crippen molar-refractivity contribution in [1.82, 2.24) is 53.1 Å². The maximum absolute atomic E-state index is 5.22. The van der Waals surface area contributed by atoms with Crippen molar-refractivity contribution in [3.63, 3.8) is 0 Å². The van der Waals surface area contributed by atoms with E-state index in [1.54, 1.807) is 29.9 Å². The van der Waals surface area contributed by atoms with Crippen LogP contribution in [0.1, 0.15) is 0 Å². The van der Waals surface area contributed by atoms with Crippen LogP contribution in [-0.4, -0.2) is 53.1 Å². The fourth-order valence-corrected chi connectivity index (χ4v) is 19.1. The normalized spacial score (nSPS) is 12.0. The second-order valence-corrected chi connectivity index (χ2v) is 30.4. The molecule has 114 heavy (non-hydrogen) atoms. The minimum atomic E-state index is 0.708. The van der Waals surface area contributed by atoms with E-state index in [0.29, 0.717) is 11.6 Å². The first-order chi connectivity index (χ1) is 56.5. The van der Waals surface area contributed by atoms with Crippen molar-refractivity contribution >= 4 is 168 Å². The van der Waals surface area contributed by atoms with E-state index in [-0.39, 0.29) is 0 Å². The summed E-state index contributed by atoms with van der Waals surface area (Å²) in [5.74, 6) is 2.16. The smallest absolute Gasteiger partial charge is 0.160 e. The first-order valence-corrected chi connectivity index (χ1v) is 39.1. The van der Waals surface area contributed by atoms with Gasteiger partial charge in [0.25, 0.3) is 0 Å². The third-order valence-electron chi connectivity index (χ3n) is 22.9. The highest BCUT2D eigenvalue weighted by Gasteiger charge is 2.25. The topological polar surface area (TPSA) is 116 Å². The van der Waals surface area contributed by atoms with Crippen molar-refractivity contribution < 1.29 is 0 Å². The van der Waals surface area contributed by atoms with Crippen LogP contribution in [0.4, 0.5) is 0 Å². The van der Waals surface area contributed by atoms with Gasteiger partial charge in [0, 0.05) is 127 Å². The molecule has 26 rings (SSSR count). The Kier molecular flexibility index (Phi) is 14.0. The molecule has 14 aromatic carbocycles. The van der Waals surface area contributed by atoms with Gasteiger partial charge in [0.05, 0.1) is 82.8 Å². The van der Waals surface area contributed by atoms with Gasteiger partial charge in [0.2, 0.25) is 0 Å². The number of thiophene rings is 1. The highest BCUT2D eigenvalue weighted by atomic mass is 32.1. The van der Waals surface area contributed by atoms with E-state index in [9.17, 15) is 0 Å². The molecule has 0 unspecified atom stereocenters. The van der Waals surface area contributed by atoms with E-state index in [0.717, 1.165) is 88.3 Å². The van der Waals surface area contributed by atoms with Gasteiger partial charge in [-0.15, -0.1) is 11.3 Å². The van der Waals surface area contributed by atoms with Gasteiger partial charge in [-0.25, -0.2) is 29.9 Å². The molecule has 26 aromatic rings. The zero-order valence-corrected chi connectivity index (χ0v) is 61.7. The standard InChI is InChI=1S/C40H23N3S.2C31H18N4/c1-2-11-24(12-3-1)36-39-37(30-17-6-9-20-35(30)44-39)42-40(41-36)26-14-10-13-25(21-26)27-22-31-28-15-4-7-18-33(28)43-34-19-8-5-16-29(34)32(23-27)38(31)43;1-3-10-28-23(8-1)25-15-22(16-26-24-9-2-4-11-29(24)35(28)30(25)26)19-6-5-7-20(14-19)31-33-17-21-12-13-32-18-27(21)34-31;1-2-9-19(10-3-1)28-29-25(13-8-16-32-29)33-31(34-28)20-17-23-21-11-4-6-14-26(21)35-27-15-7-5-12-22(27)24(18-20)30(23)35/h1-23H;2*1-18H. The van der Waals surface area contributed by atoms with Gasteiger partial charge >= 0.3 is 0 Å². The average Bonchev–Trinajstić information content (AvgIpc) is 1.55. The predicted molar refractivity (Wildman–Crippen MR) is 472 cm³/mol. The summed E-state index contributed by atoms with van der Waals surface area (Å²) in [7, 11) is 0. The molecule has 0 aliphatic carbocycles. The molecule has 12 heterocycles. The lowest BCUT2D eigenvalue weighted by molar-refractivity contribution is 1.21. The fraction of sp³-hybridized carbons (Fsp3) is 0. The largest absolute Gasteiger partial charge is 0.308 e. The molecule has 0 N–H and O–H groups in total. The summed E-state index contributed by atoms with van der Waals surface area (Å²) in [4.78, 5) is 38.7. The number of para-hydroxylation sites is 6. The Labute approximate surface area is 654 Å². The second kappa shape index (κ2) is 25.2. The van der Waals surface area contributed by atoms with Crippen molar-refractivity contribution in [2.45, 2.75) is 0 Å². The van der Waals surface area contributed by atoms with E-state index in [1.807, 2.05) is 42.6 Å². The number of nitrogens with zero attached hydrogens (tertiary/aromatic N) is 11. The third-order valence-corrected chi connectivity index (χ3v) is 24.1. The quantitative estimate of drug-likeness (QED) is 0.155. The Morgan fingerprint density at radius 1 is 0.228 bits per heavy atom. The average molecular weight is 1470 g/mol. The van der Waals surface area contributed by atoms with Crippen LogP contribution in [0, 0.1) is 0 Å². The van der Waals surface area contributed by atoms with E-state index >= 15 is 0 Å². The lowest BCUT2D eigenvalue weighted by Crippen LogP contribution is -1.96. The first kappa shape index (κ1) is 63.7. The molecule has 12 aromatic heterocycles. The van der Waals surface area contributed by atoms with E-state index in [2.05, 4.69) is 325 Å². The monoisotopic (exact) mass is 1470 g/mol. The lowest BCUT2D eigenvalue weighted by atomic mass is 9.98. The minimum Gasteiger partial charge on any atom is -0.308 e. The van der Waals surface area contributed by atoms with Crippen molar-refractivity contribution in [2.24, 2.45) is 0 Å². The van der Waals surface area contributed by atoms with Crippen LogP contribution in [-0.2, 0) is 0 Å². The summed E-state index contributed by atoms with van der Waals surface area (Å²) in [5.41, 5.74) is 26.5. The second-order valence-electron chi connectivity index (χ2n) is 29.3. The molecule has 0 radical (unpaired) electrons. The molecule has 0 fully saturated rings. The molecule has 0 saturated carbocycles. The summed E-state index contributed by atoms with van der Waals surface area (Å²) >= 11 is 1.77. The fourth-order valence-electron chi connectivity index (χ4n) is 17.9. The Hall–Kier alpha value is -15.2. The van der Waals surface area contributed by atoms with Crippen LogP contribution < -0.4 is 0 Å². The number of pyridine rings is 2.